The molecule has 5 rings (SSSR count). The van der Waals surface area contributed by atoms with E-state index in [9.17, 15) is 9.90 Å². The lowest BCUT2D eigenvalue weighted by Crippen LogP contribution is -2.49. The van der Waals surface area contributed by atoms with Crippen molar-refractivity contribution in [3.63, 3.8) is 0 Å². The van der Waals surface area contributed by atoms with Crippen LogP contribution in [0.1, 0.15) is 49.8 Å². The number of rotatable bonds is 7. The number of hydrogen-bond donors (Lipinski definition) is 2. The Balaban J connectivity index is 1.19. The van der Waals surface area contributed by atoms with Gasteiger partial charge in [0, 0.05) is 31.6 Å². The Hall–Kier alpha value is -2.17. The van der Waals surface area contributed by atoms with Crippen molar-refractivity contribution >= 4 is 5.91 Å². The molecule has 1 aliphatic heterocycles. The highest BCUT2D eigenvalue weighted by Gasteiger charge is 2.56. The van der Waals surface area contributed by atoms with Gasteiger partial charge in [-0.05, 0) is 48.6 Å². The second kappa shape index (κ2) is 8.40. The first kappa shape index (κ1) is 20.7. The van der Waals surface area contributed by atoms with E-state index in [0.29, 0.717) is 30.3 Å². The largest absolute Gasteiger partial charge is 0.375 e. The average Bonchev–Trinajstić information content (AvgIpc) is 3.22. The predicted octanol–water partition coefficient (Wildman–Crippen LogP) is 4.12. The van der Waals surface area contributed by atoms with E-state index in [0.717, 1.165) is 44.3 Å². The Morgan fingerprint density at radius 3 is 2.23 bits per heavy atom. The zero-order chi connectivity index (χ0) is 21.4. The molecule has 1 amide bonds. The molecule has 2 saturated carbocycles. The summed E-state index contributed by atoms with van der Waals surface area (Å²) in [6.45, 7) is 5.18. The van der Waals surface area contributed by atoms with Crippen molar-refractivity contribution in [2.24, 2.45) is 23.7 Å². The number of hydrogen-bond acceptors (Lipinski definition) is 3. The van der Waals surface area contributed by atoms with Crippen LogP contribution in [-0.4, -0.2) is 35.5 Å². The first-order valence-electron chi connectivity index (χ1n) is 11.9. The number of fused-ring (bicyclic) bond motifs is 1. The number of amides is 1. The van der Waals surface area contributed by atoms with Crippen molar-refractivity contribution in [3.05, 3.63) is 71.8 Å². The molecule has 2 aromatic carbocycles. The average molecular weight is 419 g/mol. The lowest BCUT2D eigenvalue weighted by molar-refractivity contribution is -0.147. The maximum atomic E-state index is 13.3. The molecule has 0 aromatic heterocycles. The molecule has 164 valence electrons. The fourth-order valence-electron chi connectivity index (χ4n) is 6.18. The Kier molecular flexibility index (Phi) is 5.61. The van der Waals surface area contributed by atoms with Crippen LogP contribution in [0.2, 0.25) is 0 Å². The van der Waals surface area contributed by atoms with E-state index in [2.05, 4.69) is 47.5 Å². The highest BCUT2D eigenvalue weighted by molar-refractivity contribution is 5.86. The van der Waals surface area contributed by atoms with Gasteiger partial charge in [0.2, 0.25) is 0 Å². The van der Waals surface area contributed by atoms with Crippen molar-refractivity contribution in [3.8, 4) is 0 Å². The van der Waals surface area contributed by atoms with Crippen molar-refractivity contribution in [1.29, 1.82) is 0 Å². The van der Waals surface area contributed by atoms with Crippen LogP contribution in [0.3, 0.4) is 0 Å². The first-order valence-corrected chi connectivity index (χ1v) is 11.9. The van der Waals surface area contributed by atoms with Gasteiger partial charge in [0.25, 0.3) is 5.91 Å². The number of nitrogens with zero attached hydrogens (tertiary/aromatic N) is 1. The summed E-state index contributed by atoms with van der Waals surface area (Å²) in [5, 5.41) is 14.8. The Morgan fingerprint density at radius 1 is 1.03 bits per heavy atom. The molecule has 4 heteroatoms. The topological polar surface area (TPSA) is 52.6 Å². The van der Waals surface area contributed by atoms with E-state index in [-0.39, 0.29) is 11.8 Å². The molecule has 0 spiro atoms. The molecule has 2 aliphatic carbocycles. The Bertz CT molecular complexity index is 884. The third kappa shape index (κ3) is 3.81. The van der Waals surface area contributed by atoms with E-state index >= 15 is 0 Å². The molecule has 0 bridgehead atoms. The number of carbonyl (C=O) groups excluding carboxylic acids is 1. The monoisotopic (exact) mass is 418 g/mol. The minimum atomic E-state index is -1.41. The van der Waals surface area contributed by atoms with Crippen LogP contribution in [-0.2, 0) is 10.4 Å². The van der Waals surface area contributed by atoms with Gasteiger partial charge in [-0.15, -0.1) is 0 Å². The van der Waals surface area contributed by atoms with Gasteiger partial charge in [0.1, 0.15) is 0 Å². The fraction of sp³-hybridized carbons (Fsp3) is 0.519. The molecule has 1 saturated heterocycles. The standard InChI is InChI=1S/C27H34N2O2/c1-19(20-10-4-2-5-11-20)29-17-24-23(25(24)18-29)16-28-26(30)27(31,22-14-8-9-15-22)21-12-6-3-7-13-21/h2-7,10-13,19,22-25,31H,8-9,14-18H2,1H3,(H,28,30). The van der Waals surface area contributed by atoms with Crippen LogP contribution >= 0.6 is 0 Å². The Morgan fingerprint density at radius 2 is 1.61 bits per heavy atom. The minimum absolute atomic E-state index is 0.0100. The van der Waals surface area contributed by atoms with Gasteiger partial charge in [-0.3, -0.25) is 9.69 Å². The van der Waals surface area contributed by atoms with Crippen LogP contribution < -0.4 is 5.32 Å². The van der Waals surface area contributed by atoms with E-state index in [1.54, 1.807) is 0 Å². The molecule has 0 radical (unpaired) electrons. The van der Waals surface area contributed by atoms with Crippen LogP contribution in [0.25, 0.3) is 0 Å². The summed E-state index contributed by atoms with van der Waals surface area (Å²) in [7, 11) is 0. The number of piperidine rings is 1. The molecule has 2 aromatic rings. The molecule has 3 fully saturated rings. The normalized spacial score (nSPS) is 28.6. The highest BCUT2D eigenvalue weighted by Crippen LogP contribution is 2.53. The van der Waals surface area contributed by atoms with Crippen molar-refractivity contribution in [2.75, 3.05) is 19.6 Å². The summed E-state index contributed by atoms with van der Waals surface area (Å²) in [5.74, 6) is 1.69. The second-order valence-corrected chi connectivity index (χ2v) is 9.86. The number of likely N-dealkylation sites (tertiary alicyclic amines) is 1. The van der Waals surface area contributed by atoms with Crippen LogP contribution in [0, 0.1) is 23.7 Å². The molecule has 3 aliphatic rings. The van der Waals surface area contributed by atoms with Crippen LogP contribution in [0.15, 0.2) is 60.7 Å². The first-order chi connectivity index (χ1) is 15.1. The molecule has 31 heavy (non-hydrogen) atoms. The van der Waals surface area contributed by atoms with Gasteiger partial charge in [-0.2, -0.15) is 0 Å². The van der Waals surface area contributed by atoms with E-state index in [1.165, 1.54) is 5.56 Å². The van der Waals surface area contributed by atoms with Crippen molar-refractivity contribution in [1.82, 2.24) is 10.2 Å². The SMILES string of the molecule is CC(c1ccccc1)N1CC2C(CNC(=O)C(O)(c3ccccc3)C3CCCC3)C2C1. The van der Waals surface area contributed by atoms with E-state index in [1.807, 2.05) is 30.3 Å². The maximum absolute atomic E-state index is 13.3. The summed E-state index contributed by atoms with van der Waals surface area (Å²) in [6, 6.07) is 20.7. The number of carbonyl (C=O) groups is 1. The van der Waals surface area contributed by atoms with Gasteiger partial charge < -0.3 is 10.4 Å². The lowest BCUT2D eigenvalue weighted by atomic mass is 9.79. The number of benzene rings is 2. The summed E-state index contributed by atoms with van der Waals surface area (Å²) in [5.41, 5.74) is 0.701. The zero-order valence-electron chi connectivity index (χ0n) is 18.4. The predicted molar refractivity (Wildman–Crippen MR) is 122 cm³/mol. The molecule has 4 nitrogen and oxygen atoms in total. The summed E-state index contributed by atoms with van der Waals surface area (Å²) in [4.78, 5) is 15.9. The molecule has 4 unspecified atom stereocenters. The molecule has 4 atom stereocenters. The smallest absolute Gasteiger partial charge is 0.256 e. The van der Waals surface area contributed by atoms with Gasteiger partial charge in [-0.1, -0.05) is 73.5 Å². The molecular weight excluding hydrogens is 384 g/mol. The summed E-state index contributed by atoms with van der Waals surface area (Å²) >= 11 is 0. The van der Waals surface area contributed by atoms with Crippen molar-refractivity contribution < 1.29 is 9.90 Å². The highest BCUT2D eigenvalue weighted by atomic mass is 16.3. The van der Waals surface area contributed by atoms with Crippen LogP contribution in [0.4, 0.5) is 0 Å². The van der Waals surface area contributed by atoms with Gasteiger partial charge in [-0.25, -0.2) is 0 Å². The quantitative estimate of drug-likeness (QED) is 0.711. The number of aliphatic hydroxyl groups is 1. The Labute approximate surface area is 185 Å². The van der Waals surface area contributed by atoms with Crippen LogP contribution in [0.5, 0.6) is 0 Å². The molecule has 1 heterocycles. The third-order valence-corrected chi connectivity index (χ3v) is 8.23. The summed E-state index contributed by atoms with van der Waals surface area (Å²) in [6.07, 6.45) is 4.02. The molecule has 2 N–H and O–H groups in total. The minimum Gasteiger partial charge on any atom is -0.375 e. The van der Waals surface area contributed by atoms with E-state index < -0.39 is 5.60 Å². The summed E-state index contributed by atoms with van der Waals surface area (Å²) < 4.78 is 0. The van der Waals surface area contributed by atoms with Crippen molar-refractivity contribution in [2.45, 2.75) is 44.2 Å². The van der Waals surface area contributed by atoms with Gasteiger partial charge >= 0.3 is 0 Å². The molecular formula is C27H34N2O2. The zero-order valence-corrected chi connectivity index (χ0v) is 18.4. The third-order valence-electron chi connectivity index (χ3n) is 8.23. The fourth-order valence-corrected chi connectivity index (χ4v) is 6.18. The second-order valence-electron chi connectivity index (χ2n) is 9.86. The van der Waals surface area contributed by atoms with Gasteiger partial charge in [0.05, 0.1) is 0 Å². The van der Waals surface area contributed by atoms with Gasteiger partial charge in [0.15, 0.2) is 5.60 Å². The lowest BCUT2D eigenvalue weighted by Gasteiger charge is -2.33. The van der Waals surface area contributed by atoms with E-state index in [4.69, 9.17) is 0 Å². The number of nitrogens with one attached hydrogen (secondary N) is 1. The maximum Gasteiger partial charge on any atom is 0.256 e.